The molecule has 0 radical (unpaired) electrons. The van der Waals surface area contributed by atoms with E-state index in [9.17, 15) is 9.59 Å². The van der Waals surface area contributed by atoms with E-state index in [1.165, 1.54) is 11.8 Å². The summed E-state index contributed by atoms with van der Waals surface area (Å²) < 4.78 is 5.27. The van der Waals surface area contributed by atoms with Crippen LogP contribution in [0.1, 0.15) is 0 Å². The maximum absolute atomic E-state index is 12.0. The van der Waals surface area contributed by atoms with E-state index in [2.05, 4.69) is 10.6 Å². The lowest BCUT2D eigenvalue weighted by atomic mass is 10.2. The number of carbonyl (C=O) groups excluding carboxylic acids is 2. The third-order valence-electron chi connectivity index (χ3n) is 3.09. The molecule has 2 aromatic rings. The third kappa shape index (κ3) is 3.97. The molecule has 1 aliphatic heterocycles. The van der Waals surface area contributed by atoms with Gasteiger partial charge in [-0.15, -0.1) is 11.8 Å². The molecule has 23 heavy (non-hydrogen) atoms. The summed E-state index contributed by atoms with van der Waals surface area (Å²) in [7, 11) is 0. The normalized spacial score (nSPS) is 12.8. The standard InChI is InChI=1S/C16H13ClN2O3S/c17-11-3-1-2-4-14(11)23-9-16(21)18-10-5-6-13-12(7-10)19-15(20)8-22-13/h1-7H,8-9H2,(H,18,21)(H,19,20). The van der Waals surface area contributed by atoms with E-state index in [1.54, 1.807) is 24.3 Å². The quantitative estimate of drug-likeness (QED) is 0.831. The van der Waals surface area contributed by atoms with Crippen molar-refractivity contribution in [2.24, 2.45) is 0 Å². The summed E-state index contributed by atoms with van der Waals surface area (Å²) in [5, 5.41) is 6.11. The van der Waals surface area contributed by atoms with Gasteiger partial charge >= 0.3 is 0 Å². The topological polar surface area (TPSA) is 67.4 Å². The van der Waals surface area contributed by atoms with E-state index in [4.69, 9.17) is 16.3 Å². The van der Waals surface area contributed by atoms with Crippen molar-refractivity contribution in [2.45, 2.75) is 4.90 Å². The van der Waals surface area contributed by atoms with E-state index < -0.39 is 0 Å². The number of fused-ring (bicyclic) bond motifs is 1. The van der Waals surface area contributed by atoms with Crippen molar-refractivity contribution in [3.63, 3.8) is 0 Å². The van der Waals surface area contributed by atoms with Crippen LogP contribution < -0.4 is 15.4 Å². The largest absolute Gasteiger partial charge is 0.482 e. The van der Waals surface area contributed by atoms with Gasteiger partial charge in [0.1, 0.15) is 5.75 Å². The third-order valence-corrected chi connectivity index (χ3v) is 4.61. The van der Waals surface area contributed by atoms with Crippen LogP contribution in [0.3, 0.4) is 0 Å². The number of hydrogen-bond acceptors (Lipinski definition) is 4. The minimum Gasteiger partial charge on any atom is -0.482 e. The Balaban J connectivity index is 1.61. The van der Waals surface area contributed by atoms with Crippen molar-refractivity contribution in [1.82, 2.24) is 0 Å². The van der Waals surface area contributed by atoms with Gasteiger partial charge in [0.15, 0.2) is 6.61 Å². The molecule has 1 heterocycles. The molecule has 0 saturated carbocycles. The van der Waals surface area contributed by atoms with Crippen molar-refractivity contribution in [1.29, 1.82) is 0 Å². The van der Waals surface area contributed by atoms with E-state index in [-0.39, 0.29) is 24.2 Å². The Kier molecular flexibility index (Phi) is 4.73. The average molecular weight is 349 g/mol. The predicted octanol–water partition coefficient (Wildman–Crippen LogP) is 3.40. The summed E-state index contributed by atoms with van der Waals surface area (Å²) >= 11 is 7.42. The van der Waals surface area contributed by atoms with Crippen LogP contribution in [-0.4, -0.2) is 24.2 Å². The van der Waals surface area contributed by atoms with Gasteiger partial charge in [-0.25, -0.2) is 0 Å². The fourth-order valence-electron chi connectivity index (χ4n) is 2.06. The zero-order valence-electron chi connectivity index (χ0n) is 12.0. The van der Waals surface area contributed by atoms with Gasteiger partial charge in [0.05, 0.1) is 16.5 Å². The van der Waals surface area contributed by atoms with Crippen LogP contribution in [-0.2, 0) is 9.59 Å². The monoisotopic (exact) mass is 348 g/mol. The molecule has 0 aromatic heterocycles. The molecule has 0 atom stereocenters. The maximum atomic E-state index is 12.0. The Hall–Kier alpha value is -2.18. The van der Waals surface area contributed by atoms with Crippen LogP contribution in [0.5, 0.6) is 5.75 Å². The lowest BCUT2D eigenvalue weighted by Crippen LogP contribution is -2.25. The molecule has 7 heteroatoms. The molecule has 2 N–H and O–H groups in total. The molecular weight excluding hydrogens is 336 g/mol. The number of nitrogens with one attached hydrogen (secondary N) is 2. The molecule has 0 fully saturated rings. The van der Waals surface area contributed by atoms with Crippen LogP contribution in [0.4, 0.5) is 11.4 Å². The summed E-state index contributed by atoms with van der Waals surface area (Å²) in [5.74, 6) is 0.463. The predicted molar refractivity (Wildman–Crippen MR) is 91.4 cm³/mol. The number of thioether (sulfide) groups is 1. The highest BCUT2D eigenvalue weighted by Gasteiger charge is 2.16. The second-order valence-corrected chi connectivity index (χ2v) is 6.24. The fraction of sp³-hybridized carbons (Fsp3) is 0.125. The highest BCUT2D eigenvalue weighted by Crippen LogP contribution is 2.31. The van der Waals surface area contributed by atoms with E-state index in [0.29, 0.717) is 22.1 Å². The number of anilines is 2. The van der Waals surface area contributed by atoms with Gasteiger partial charge in [0, 0.05) is 10.6 Å². The number of halogens is 1. The number of hydrogen-bond donors (Lipinski definition) is 2. The average Bonchev–Trinajstić information content (AvgIpc) is 2.54. The Bertz CT molecular complexity index is 767. The van der Waals surface area contributed by atoms with Gasteiger partial charge in [0.2, 0.25) is 5.91 Å². The molecule has 3 rings (SSSR count). The van der Waals surface area contributed by atoms with E-state index in [0.717, 1.165) is 4.90 Å². The Morgan fingerprint density at radius 2 is 2.13 bits per heavy atom. The second-order valence-electron chi connectivity index (χ2n) is 4.82. The summed E-state index contributed by atoms with van der Waals surface area (Å²) in [6.45, 7) is 0.00712. The molecule has 0 aliphatic carbocycles. The molecular formula is C16H13ClN2O3S. The second kappa shape index (κ2) is 6.93. The molecule has 2 aromatic carbocycles. The van der Waals surface area contributed by atoms with Gasteiger partial charge in [-0.1, -0.05) is 23.7 Å². The van der Waals surface area contributed by atoms with Gasteiger partial charge in [0.25, 0.3) is 5.91 Å². The van der Waals surface area contributed by atoms with Crippen LogP contribution in [0.25, 0.3) is 0 Å². The molecule has 2 amide bonds. The molecule has 0 unspecified atom stereocenters. The summed E-state index contributed by atoms with van der Waals surface area (Å²) in [6.07, 6.45) is 0. The number of amides is 2. The Morgan fingerprint density at radius 3 is 2.96 bits per heavy atom. The molecule has 0 spiro atoms. The number of benzene rings is 2. The molecule has 0 bridgehead atoms. The molecule has 5 nitrogen and oxygen atoms in total. The summed E-state index contributed by atoms with van der Waals surface area (Å²) in [4.78, 5) is 24.2. The first-order chi connectivity index (χ1) is 11.1. The first-order valence-corrected chi connectivity index (χ1v) is 8.22. The first kappa shape index (κ1) is 15.7. The van der Waals surface area contributed by atoms with E-state index in [1.807, 2.05) is 18.2 Å². The molecule has 0 saturated heterocycles. The Labute approximate surface area is 142 Å². The van der Waals surface area contributed by atoms with Gasteiger partial charge in [-0.2, -0.15) is 0 Å². The minimum absolute atomic E-state index is 0.00712. The lowest BCUT2D eigenvalue weighted by molar-refractivity contribution is -0.118. The number of carbonyl (C=O) groups is 2. The first-order valence-electron chi connectivity index (χ1n) is 6.86. The highest BCUT2D eigenvalue weighted by atomic mass is 35.5. The Morgan fingerprint density at radius 1 is 1.30 bits per heavy atom. The van der Waals surface area contributed by atoms with Crippen LogP contribution >= 0.6 is 23.4 Å². The van der Waals surface area contributed by atoms with Crippen LogP contribution in [0, 0.1) is 0 Å². The zero-order chi connectivity index (χ0) is 16.2. The van der Waals surface area contributed by atoms with Gasteiger partial charge in [-0.3, -0.25) is 9.59 Å². The lowest BCUT2D eigenvalue weighted by Gasteiger charge is -2.18. The van der Waals surface area contributed by atoms with Crippen molar-refractivity contribution < 1.29 is 14.3 Å². The van der Waals surface area contributed by atoms with Crippen LogP contribution in [0.15, 0.2) is 47.4 Å². The van der Waals surface area contributed by atoms with Crippen molar-refractivity contribution in [2.75, 3.05) is 23.0 Å². The maximum Gasteiger partial charge on any atom is 0.262 e. The molecule has 1 aliphatic rings. The van der Waals surface area contributed by atoms with Crippen molar-refractivity contribution >= 4 is 46.6 Å². The van der Waals surface area contributed by atoms with Crippen molar-refractivity contribution in [3.05, 3.63) is 47.5 Å². The molecule has 118 valence electrons. The zero-order valence-corrected chi connectivity index (χ0v) is 13.5. The number of rotatable bonds is 4. The SMILES string of the molecule is O=C(CSc1ccccc1Cl)Nc1ccc2c(c1)NC(=O)CO2. The summed E-state index contributed by atoms with van der Waals surface area (Å²) in [6, 6.07) is 12.5. The van der Waals surface area contributed by atoms with E-state index >= 15 is 0 Å². The number of ether oxygens (including phenoxy) is 1. The van der Waals surface area contributed by atoms with Gasteiger partial charge < -0.3 is 15.4 Å². The fourth-order valence-corrected chi connectivity index (χ4v) is 3.10. The summed E-state index contributed by atoms with van der Waals surface area (Å²) in [5.41, 5.74) is 1.15. The van der Waals surface area contributed by atoms with Crippen LogP contribution in [0.2, 0.25) is 5.02 Å². The van der Waals surface area contributed by atoms with Crippen molar-refractivity contribution in [3.8, 4) is 5.75 Å². The van der Waals surface area contributed by atoms with Gasteiger partial charge in [-0.05, 0) is 30.3 Å². The highest BCUT2D eigenvalue weighted by molar-refractivity contribution is 8.00. The minimum atomic E-state index is -0.213. The smallest absolute Gasteiger partial charge is 0.262 e.